The summed E-state index contributed by atoms with van der Waals surface area (Å²) in [5.74, 6) is -2.98. The van der Waals surface area contributed by atoms with Gasteiger partial charge in [-0.2, -0.15) is 0 Å². The first kappa shape index (κ1) is 21.7. The summed E-state index contributed by atoms with van der Waals surface area (Å²) in [5.41, 5.74) is -7.05. The van der Waals surface area contributed by atoms with Crippen LogP contribution in [-0.2, 0) is 36.0 Å². The van der Waals surface area contributed by atoms with E-state index in [1.165, 1.54) is 0 Å². The Balaban J connectivity index is 3.02. The molecule has 2 rings (SSSR count). The number of carbonyl (C=O) groups is 3. The Hall–Kier alpha value is -2.63. The molecule has 0 aliphatic carbocycles. The number of carbonyl (C=O) groups excluding carboxylic acids is 3. The van der Waals surface area contributed by atoms with E-state index in [1.54, 1.807) is 6.92 Å². The van der Waals surface area contributed by atoms with Crippen molar-refractivity contribution in [3.63, 3.8) is 0 Å². The normalized spacial score (nSPS) is 29.5. The lowest BCUT2D eigenvalue weighted by Gasteiger charge is -2.41. The smallest absolute Gasteiger partial charge is 0.331 e. The highest BCUT2D eigenvalue weighted by atomic mass is 16.6. The predicted octanol–water partition coefficient (Wildman–Crippen LogP) is -2.02. The highest BCUT2D eigenvalue weighted by Crippen LogP contribution is 2.47. The summed E-state index contributed by atoms with van der Waals surface area (Å²) in [4.78, 5) is 63.8. The largest absolute Gasteiger partial charge is 0.442 e. The van der Waals surface area contributed by atoms with E-state index in [2.05, 4.69) is 0 Å². The van der Waals surface area contributed by atoms with Crippen LogP contribution in [0, 0.1) is 0 Å². The number of aromatic nitrogens is 2. The minimum absolute atomic E-state index is 0.0750. The van der Waals surface area contributed by atoms with Gasteiger partial charge in [-0.3, -0.25) is 28.7 Å². The van der Waals surface area contributed by atoms with Crippen LogP contribution in [-0.4, -0.2) is 61.7 Å². The summed E-state index contributed by atoms with van der Waals surface area (Å²) in [6.45, 7) is 3.64. The van der Waals surface area contributed by atoms with Gasteiger partial charge in [0.25, 0.3) is 16.9 Å². The molecule has 1 saturated heterocycles. The number of nitrogens with zero attached hydrogens (tertiary/aromatic N) is 1. The molecule has 0 aromatic carbocycles. The zero-order valence-electron chi connectivity index (χ0n) is 15.8. The first-order valence-corrected chi connectivity index (χ1v) is 8.53. The van der Waals surface area contributed by atoms with Gasteiger partial charge in [-0.15, -0.1) is 0 Å². The summed E-state index contributed by atoms with van der Waals surface area (Å²) in [5, 5.41) is 20.3. The van der Waals surface area contributed by atoms with Gasteiger partial charge in [0, 0.05) is 18.7 Å². The Morgan fingerprint density at radius 2 is 1.86 bits per heavy atom. The molecule has 3 N–H and O–H groups in total. The molecular weight excluding hydrogens is 376 g/mol. The van der Waals surface area contributed by atoms with Gasteiger partial charge < -0.3 is 19.7 Å². The number of hydrogen-bond acceptors (Lipinski definition) is 9. The Morgan fingerprint density at radius 3 is 2.29 bits per heavy atom. The molecule has 1 aliphatic heterocycles. The summed E-state index contributed by atoms with van der Waals surface area (Å²) in [6.07, 6.45) is -2.32. The van der Waals surface area contributed by atoms with Crippen molar-refractivity contribution < 1.29 is 34.1 Å². The number of ketones is 2. The number of aliphatic hydroxyl groups is 2. The van der Waals surface area contributed by atoms with Crippen LogP contribution in [0.4, 0.5) is 0 Å². The molecule has 28 heavy (non-hydrogen) atoms. The molecule has 0 amide bonds. The molecule has 11 heteroatoms. The van der Waals surface area contributed by atoms with Crippen LogP contribution >= 0.6 is 0 Å². The zero-order chi connectivity index (χ0) is 21.4. The van der Waals surface area contributed by atoms with E-state index in [9.17, 15) is 34.2 Å². The summed E-state index contributed by atoms with van der Waals surface area (Å²) >= 11 is 0. The third-order valence-electron chi connectivity index (χ3n) is 4.81. The van der Waals surface area contributed by atoms with Gasteiger partial charge in [-0.1, -0.05) is 6.92 Å². The summed E-state index contributed by atoms with van der Waals surface area (Å²) in [7, 11) is 0. The average Bonchev–Trinajstić information content (AvgIpc) is 2.85. The van der Waals surface area contributed by atoms with Gasteiger partial charge in [0.15, 0.2) is 11.6 Å². The van der Waals surface area contributed by atoms with E-state index < -0.39 is 58.9 Å². The first-order chi connectivity index (χ1) is 13.0. The van der Waals surface area contributed by atoms with Crippen LogP contribution < -0.4 is 11.2 Å². The maximum Gasteiger partial charge on any atom is 0.331 e. The number of ether oxygens (including phenoxy) is 2. The Labute approximate surface area is 158 Å². The highest BCUT2D eigenvalue weighted by Gasteiger charge is 2.75. The lowest BCUT2D eigenvalue weighted by atomic mass is 9.79. The number of nitrogens with one attached hydrogen (secondary N) is 1. The topological polar surface area (TPSA) is 165 Å². The maximum atomic E-state index is 12.8. The van der Waals surface area contributed by atoms with E-state index in [4.69, 9.17) is 9.47 Å². The molecule has 11 nitrogen and oxygen atoms in total. The summed E-state index contributed by atoms with van der Waals surface area (Å²) in [6, 6.07) is 0. The Bertz CT molecular complexity index is 933. The molecule has 0 radical (unpaired) electrons. The predicted molar refractivity (Wildman–Crippen MR) is 92.5 cm³/mol. The monoisotopic (exact) mass is 398 g/mol. The van der Waals surface area contributed by atoms with Gasteiger partial charge in [0.1, 0.15) is 12.2 Å². The van der Waals surface area contributed by atoms with Crippen molar-refractivity contribution >= 4 is 17.5 Å². The third kappa shape index (κ3) is 2.82. The van der Waals surface area contributed by atoms with Crippen LogP contribution in [0.2, 0.25) is 0 Å². The second-order valence-electron chi connectivity index (χ2n) is 6.51. The van der Waals surface area contributed by atoms with E-state index in [-0.39, 0.29) is 12.0 Å². The standard InChI is InChI=1S/C17H22N2O9/c1-5-11-6-19(15(26)18-14(11)25)17(9(3)22)16(8(2)21,27-10(4)23)13(24)12(7-20)28-17/h6,12-13,20,24H,5,7H2,1-4H3,(H,18,25,26)/t12-,13-,16-,17-/m1/s1. The molecule has 0 spiro atoms. The second-order valence-corrected chi connectivity index (χ2v) is 6.51. The second kappa shape index (κ2) is 7.41. The minimum atomic E-state index is -2.66. The van der Waals surface area contributed by atoms with E-state index in [0.29, 0.717) is 4.57 Å². The lowest BCUT2D eigenvalue weighted by Crippen LogP contribution is -2.69. The highest BCUT2D eigenvalue weighted by molar-refractivity contribution is 5.98. The SMILES string of the molecule is CCc1cn([C@]2(C(C)=O)O[C@H](CO)[C@@H](O)[C@]2(OC(C)=O)C(C)=O)c(=O)[nH]c1=O. The van der Waals surface area contributed by atoms with Crippen molar-refractivity contribution in [1.29, 1.82) is 0 Å². The van der Waals surface area contributed by atoms with Crippen molar-refractivity contribution in [3.05, 3.63) is 32.6 Å². The molecule has 0 unspecified atom stereocenters. The van der Waals surface area contributed by atoms with Gasteiger partial charge in [-0.05, 0) is 20.3 Å². The van der Waals surface area contributed by atoms with Crippen molar-refractivity contribution in [2.24, 2.45) is 0 Å². The summed E-state index contributed by atoms with van der Waals surface area (Å²) < 4.78 is 11.3. The molecule has 0 bridgehead atoms. The molecule has 4 atom stereocenters. The van der Waals surface area contributed by atoms with Gasteiger partial charge in [0.2, 0.25) is 0 Å². The zero-order valence-corrected chi connectivity index (χ0v) is 15.8. The van der Waals surface area contributed by atoms with E-state index in [0.717, 1.165) is 27.0 Å². The number of aliphatic hydroxyl groups excluding tert-OH is 2. The number of hydrogen-bond donors (Lipinski definition) is 3. The van der Waals surface area contributed by atoms with Crippen LogP contribution in [0.15, 0.2) is 15.8 Å². The minimum Gasteiger partial charge on any atom is -0.442 e. The molecule has 1 fully saturated rings. The van der Waals surface area contributed by atoms with E-state index in [1.807, 2.05) is 4.98 Å². The van der Waals surface area contributed by atoms with Gasteiger partial charge >= 0.3 is 11.7 Å². The average molecular weight is 398 g/mol. The fourth-order valence-corrected chi connectivity index (χ4v) is 3.59. The number of Topliss-reactive ketones (excluding diaryl/α,β-unsaturated/α-hetero) is 2. The first-order valence-electron chi connectivity index (χ1n) is 8.53. The Kier molecular flexibility index (Phi) is 5.74. The molecule has 154 valence electrons. The molecule has 2 heterocycles. The molecular formula is C17H22N2O9. The fraction of sp³-hybridized carbons (Fsp3) is 0.588. The third-order valence-corrected chi connectivity index (χ3v) is 4.81. The Morgan fingerprint density at radius 1 is 1.25 bits per heavy atom. The van der Waals surface area contributed by atoms with Crippen LogP contribution in [0.5, 0.6) is 0 Å². The van der Waals surface area contributed by atoms with Crippen LogP contribution in [0.1, 0.15) is 33.3 Å². The molecule has 0 saturated carbocycles. The molecule has 1 aliphatic rings. The van der Waals surface area contributed by atoms with Crippen molar-refractivity contribution in [2.75, 3.05) is 6.61 Å². The number of esters is 1. The number of aromatic amines is 1. The number of aryl methyl sites for hydroxylation is 1. The van der Waals surface area contributed by atoms with Crippen LogP contribution in [0.25, 0.3) is 0 Å². The fourth-order valence-electron chi connectivity index (χ4n) is 3.59. The van der Waals surface area contributed by atoms with Crippen molar-refractivity contribution in [1.82, 2.24) is 9.55 Å². The number of H-pyrrole nitrogens is 1. The maximum absolute atomic E-state index is 12.8. The van der Waals surface area contributed by atoms with Gasteiger partial charge in [-0.25, -0.2) is 4.79 Å². The van der Waals surface area contributed by atoms with Crippen LogP contribution in [0.3, 0.4) is 0 Å². The molecule has 1 aromatic heterocycles. The van der Waals surface area contributed by atoms with Crippen molar-refractivity contribution in [3.8, 4) is 0 Å². The number of rotatable bonds is 6. The van der Waals surface area contributed by atoms with E-state index >= 15 is 0 Å². The lowest BCUT2D eigenvalue weighted by molar-refractivity contribution is -0.215. The van der Waals surface area contributed by atoms with Gasteiger partial charge in [0.05, 0.1) is 6.61 Å². The quantitative estimate of drug-likeness (QED) is 0.459. The molecule has 1 aromatic rings. The van der Waals surface area contributed by atoms with Crippen molar-refractivity contribution in [2.45, 2.75) is 57.6 Å².